The number of rotatable bonds is 4. The molecule has 0 aromatic carbocycles. The average Bonchev–Trinajstić information content (AvgIpc) is 2.75. The van der Waals surface area contributed by atoms with Crippen LogP contribution in [0.25, 0.3) is 0 Å². The summed E-state index contributed by atoms with van der Waals surface area (Å²) in [5.74, 6) is -1.28. The zero-order chi connectivity index (χ0) is 13.8. The van der Waals surface area contributed by atoms with E-state index in [9.17, 15) is 14.4 Å². The Bertz CT molecular complexity index is 383. The number of carbonyl (C=O) groups is 3. The molecule has 2 unspecified atom stereocenters. The Morgan fingerprint density at radius 3 is 2.74 bits per heavy atom. The van der Waals surface area contributed by atoms with E-state index < -0.39 is 5.97 Å². The molecular weight excluding hydrogens is 248 g/mol. The molecule has 2 atom stereocenters. The molecule has 0 radical (unpaired) electrons. The summed E-state index contributed by atoms with van der Waals surface area (Å²) in [6, 6.07) is -0.0694. The number of hydrogen-bond acceptors (Lipinski definition) is 3. The van der Waals surface area contributed by atoms with Crippen molar-refractivity contribution in [3.05, 3.63) is 0 Å². The van der Waals surface area contributed by atoms with E-state index >= 15 is 0 Å². The van der Waals surface area contributed by atoms with E-state index in [1.165, 1.54) is 0 Å². The Morgan fingerprint density at radius 1 is 1.32 bits per heavy atom. The third-order valence-electron chi connectivity index (χ3n) is 3.89. The van der Waals surface area contributed by atoms with Gasteiger partial charge in [0.1, 0.15) is 0 Å². The number of amides is 2. The summed E-state index contributed by atoms with van der Waals surface area (Å²) in [5.41, 5.74) is 0. The summed E-state index contributed by atoms with van der Waals surface area (Å²) in [6.07, 6.45) is 4.17. The van der Waals surface area contributed by atoms with E-state index in [1.807, 2.05) is 0 Å². The number of nitrogens with zero attached hydrogens (tertiary/aromatic N) is 1. The molecular formula is C13H20N2O4. The number of likely N-dealkylation sites (tertiary alicyclic amines) is 1. The van der Waals surface area contributed by atoms with Crippen molar-refractivity contribution in [3.8, 4) is 0 Å². The Kier molecular flexibility index (Phi) is 4.39. The van der Waals surface area contributed by atoms with Crippen LogP contribution in [0.5, 0.6) is 0 Å². The molecule has 1 saturated heterocycles. The van der Waals surface area contributed by atoms with Crippen molar-refractivity contribution in [2.45, 2.75) is 44.6 Å². The molecule has 6 nitrogen and oxygen atoms in total. The highest BCUT2D eigenvalue weighted by Gasteiger charge is 2.29. The van der Waals surface area contributed by atoms with Gasteiger partial charge in [-0.15, -0.1) is 0 Å². The lowest BCUT2D eigenvalue weighted by molar-refractivity contribution is -0.143. The fourth-order valence-corrected chi connectivity index (χ4v) is 2.86. The smallest absolute Gasteiger partial charge is 0.306 e. The molecule has 19 heavy (non-hydrogen) atoms. The van der Waals surface area contributed by atoms with Crippen LogP contribution in [0.4, 0.5) is 0 Å². The van der Waals surface area contributed by atoms with Gasteiger partial charge in [0, 0.05) is 19.0 Å². The summed E-state index contributed by atoms with van der Waals surface area (Å²) < 4.78 is 0. The summed E-state index contributed by atoms with van der Waals surface area (Å²) in [5, 5.41) is 11.8. The van der Waals surface area contributed by atoms with E-state index in [1.54, 1.807) is 4.90 Å². The van der Waals surface area contributed by atoms with E-state index in [0.717, 1.165) is 19.3 Å². The van der Waals surface area contributed by atoms with E-state index in [-0.39, 0.29) is 30.3 Å². The zero-order valence-electron chi connectivity index (χ0n) is 10.9. The SMILES string of the molecule is O=C(CN1CCCC1=O)NC1CCCC(C(=O)O)C1. The third kappa shape index (κ3) is 3.68. The quantitative estimate of drug-likeness (QED) is 0.771. The lowest BCUT2D eigenvalue weighted by Crippen LogP contribution is -2.44. The van der Waals surface area contributed by atoms with E-state index in [2.05, 4.69) is 5.32 Å². The van der Waals surface area contributed by atoms with Crippen molar-refractivity contribution in [2.75, 3.05) is 13.1 Å². The number of hydrogen-bond donors (Lipinski definition) is 2. The molecule has 1 aliphatic heterocycles. The zero-order valence-corrected chi connectivity index (χ0v) is 10.9. The van der Waals surface area contributed by atoms with Crippen molar-refractivity contribution in [1.29, 1.82) is 0 Å². The molecule has 106 valence electrons. The Hall–Kier alpha value is -1.59. The van der Waals surface area contributed by atoms with Gasteiger partial charge in [-0.25, -0.2) is 0 Å². The normalized spacial score (nSPS) is 27.4. The van der Waals surface area contributed by atoms with Crippen LogP contribution in [-0.4, -0.2) is 46.9 Å². The molecule has 0 bridgehead atoms. The van der Waals surface area contributed by atoms with Crippen LogP contribution < -0.4 is 5.32 Å². The Balaban J connectivity index is 1.78. The number of aliphatic carboxylic acids is 1. The molecule has 2 aliphatic rings. The van der Waals surface area contributed by atoms with Crippen molar-refractivity contribution in [1.82, 2.24) is 10.2 Å². The molecule has 0 spiro atoms. The van der Waals surface area contributed by atoms with E-state index in [4.69, 9.17) is 5.11 Å². The van der Waals surface area contributed by atoms with Gasteiger partial charge in [-0.1, -0.05) is 6.42 Å². The van der Waals surface area contributed by atoms with Crippen molar-refractivity contribution >= 4 is 17.8 Å². The third-order valence-corrected chi connectivity index (χ3v) is 3.89. The summed E-state index contributed by atoms with van der Waals surface area (Å²) in [4.78, 5) is 35.8. The first-order valence-electron chi connectivity index (χ1n) is 6.86. The molecule has 2 N–H and O–H groups in total. The molecule has 6 heteroatoms. The van der Waals surface area contributed by atoms with Crippen LogP contribution in [0.15, 0.2) is 0 Å². The summed E-state index contributed by atoms with van der Waals surface area (Å²) >= 11 is 0. The lowest BCUT2D eigenvalue weighted by Gasteiger charge is -2.28. The van der Waals surface area contributed by atoms with Gasteiger partial charge in [-0.2, -0.15) is 0 Å². The predicted molar refractivity (Wildman–Crippen MR) is 67.3 cm³/mol. The fourth-order valence-electron chi connectivity index (χ4n) is 2.86. The molecule has 0 aromatic rings. The Labute approximate surface area is 112 Å². The highest BCUT2D eigenvalue weighted by molar-refractivity contribution is 5.86. The topological polar surface area (TPSA) is 86.7 Å². The van der Waals surface area contributed by atoms with Gasteiger partial charge in [0.25, 0.3) is 0 Å². The maximum absolute atomic E-state index is 11.8. The second kappa shape index (κ2) is 6.04. The van der Waals surface area contributed by atoms with Crippen molar-refractivity contribution in [3.63, 3.8) is 0 Å². The predicted octanol–water partition coefficient (Wildman–Crippen LogP) is 0.368. The Morgan fingerprint density at radius 2 is 2.11 bits per heavy atom. The minimum Gasteiger partial charge on any atom is -0.481 e. The van der Waals surface area contributed by atoms with Gasteiger partial charge >= 0.3 is 5.97 Å². The summed E-state index contributed by atoms with van der Waals surface area (Å²) in [6.45, 7) is 0.752. The molecule has 0 aromatic heterocycles. The minimum atomic E-state index is -0.784. The van der Waals surface area contributed by atoms with Crippen LogP contribution in [0.1, 0.15) is 38.5 Å². The minimum absolute atomic E-state index is 0.0298. The largest absolute Gasteiger partial charge is 0.481 e. The standard InChI is InChI=1S/C13H20N2O4/c16-11(8-15-6-2-5-12(15)17)14-10-4-1-3-9(7-10)13(18)19/h9-10H,1-8H2,(H,14,16)(H,18,19). The average molecular weight is 268 g/mol. The highest BCUT2D eigenvalue weighted by atomic mass is 16.4. The number of carbonyl (C=O) groups excluding carboxylic acids is 2. The second-order valence-electron chi connectivity index (χ2n) is 5.39. The highest BCUT2D eigenvalue weighted by Crippen LogP contribution is 2.24. The molecule has 1 heterocycles. The van der Waals surface area contributed by atoms with Gasteiger partial charge < -0.3 is 15.3 Å². The van der Waals surface area contributed by atoms with Crippen LogP contribution in [0.3, 0.4) is 0 Å². The van der Waals surface area contributed by atoms with Crippen molar-refractivity contribution in [2.24, 2.45) is 5.92 Å². The monoisotopic (exact) mass is 268 g/mol. The molecule has 2 rings (SSSR count). The molecule has 2 fully saturated rings. The number of carboxylic acids is 1. The lowest BCUT2D eigenvalue weighted by atomic mass is 9.86. The maximum Gasteiger partial charge on any atom is 0.306 e. The molecule has 1 aliphatic carbocycles. The fraction of sp³-hybridized carbons (Fsp3) is 0.769. The van der Waals surface area contributed by atoms with Crippen LogP contribution >= 0.6 is 0 Å². The van der Waals surface area contributed by atoms with Crippen molar-refractivity contribution < 1.29 is 19.5 Å². The molecule has 1 saturated carbocycles. The first-order valence-corrected chi connectivity index (χ1v) is 6.86. The second-order valence-corrected chi connectivity index (χ2v) is 5.39. The maximum atomic E-state index is 11.8. The summed E-state index contributed by atoms with van der Waals surface area (Å²) in [7, 11) is 0. The van der Waals surface area contributed by atoms with Gasteiger partial charge in [-0.05, 0) is 25.7 Å². The van der Waals surface area contributed by atoms with E-state index in [0.29, 0.717) is 25.8 Å². The van der Waals surface area contributed by atoms with Crippen LogP contribution in [-0.2, 0) is 14.4 Å². The molecule has 2 amide bonds. The van der Waals surface area contributed by atoms with Crippen LogP contribution in [0.2, 0.25) is 0 Å². The number of nitrogens with one attached hydrogen (secondary N) is 1. The van der Waals surface area contributed by atoms with Gasteiger partial charge in [0.05, 0.1) is 12.5 Å². The first kappa shape index (κ1) is 13.8. The van der Waals surface area contributed by atoms with Gasteiger partial charge in [-0.3, -0.25) is 14.4 Å². The number of carboxylic acid groups (broad SMARTS) is 1. The first-order chi connectivity index (χ1) is 9.06. The van der Waals surface area contributed by atoms with Gasteiger partial charge in [0.2, 0.25) is 11.8 Å². The van der Waals surface area contributed by atoms with Crippen LogP contribution in [0, 0.1) is 5.92 Å². The van der Waals surface area contributed by atoms with Gasteiger partial charge in [0.15, 0.2) is 0 Å².